The number of nitrogens with one attached hydrogen (secondary N) is 2. The molecule has 2 N–H and O–H groups in total. The Labute approximate surface area is 65.3 Å². The molecule has 1 rings (SSSR count). The van der Waals surface area contributed by atoms with Gasteiger partial charge in [0.15, 0.2) is 0 Å². The summed E-state index contributed by atoms with van der Waals surface area (Å²) in [5.74, 6) is -0.0419. The van der Waals surface area contributed by atoms with Crippen LogP contribution in [0.3, 0.4) is 0 Å². The van der Waals surface area contributed by atoms with Crippen LogP contribution in [0.2, 0.25) is 0 Å². The molecule has 11 heavy (non-hydrogen) atoms. The smallest absolute Gasteiger partial charge is 0.222 e. The molecule has 1 atom stereocenters. The summed E-state index contributed by atoms with van der Waals surface area (Å²) in [4.78, 5) is 21.4. The molecule has 4 heteroatoms. The van der Waals surface area contributed by atoms with E-state index < -0.39 is 0 Å². The Kier molecular flexibility index (Phi) is 2.46. The van der Waals surface area contributed by atoms with Gasteiger partial charge >= 0.3 is 0 Å². The predicted molar refractivity (Wildman–Crippen MR) is 39.8 cm³/mol. The van der Waals surface area contributed by atoms with Crippen molar-refractivity contribution in [3.63, 3.8) is 0 Å². The van der Waals surface area contributed by atoms with Crippen LogP contribution >= 0.6 is 0 Å². The SMILES string of the molecule is CC(=O)NC1CCNC(=O)C1. The molecule has 0 aromatic heterocycles. The highest BCUT2D eigenvalue weighted by Gasteiger charge is 2.18. The average molecular weight is 156 g/mol. The number of carbonyl (C=O) groups is 2. The van der Waals surface area contributed by atoms with Crippen molar-refractivity contribution >= 4 is 11.8 Å². The van der Waals surface area contributed by atoms with E-state index in [1.807, 2.05) is 0 Å². The highest BCUT2D eigenvalue weighted by molar-refractivity contribution is 5.79. The van der Waals surface area contributed by atoms with Crippen LogP contribution in [0.15, 0.2) is 0 Å². The molecule has 0 aromatic carbocycles. The van der Waals surface area contributed by atoms with E-state index in [1.54, 1.807) is 0 Å². The van der Waals surface area contributed by atoms with Gasteiger partial charge in [-0.1, -0.05) is 0 Å². The number of hydrogen-bond donors (Lipinski definition) is 2. The second-order valence-electron chi connectivity index (χ2n) is 2.74. The van der Waals surface area contributed by atoms with Gasteiger partial charge in [-0.25, -0.2) is 0 Å². The van der Waals surface area contributed by atoms with Crippen LogP contribution in [-0.2, 0) is 9.59 Å². The molecule has 4 nitrogen and oxygen atoms in total. The van der Waals surface area contributed by atoms with Gasteiger partial charge in [-0.05, 0) is 6.42 Å². The minimum Gasteiger partial charge on any atom is -0.356 e. The monoisotopic (exact) mass is 156 g/mol. The van der Waals surface area contributed by atoms with Gasteiger partial charge in [-0.2, -0.15) is 0 Å². The Morgan fingerprint density at radius 2 is 2.45 bits per heavy atom. The van der Waals surface area contributed by atoms with Gasteiger partial charge in [0, 0.05) is 25.9 Å². The van der Waals surface area contributed by atoms with Crippen LogP contribution in [0.1, 0.15) is 19.8 Å². The van der Waals surface area contributed by atoms with Crippen molar-refractivity contribution in [2.24, 2.45) is 0 Å². The largest absolute Gasteiger partial charge is 0.356 e. The quantitative estimate of drug-likeness (QED) is 0.532. The highest BCUT2D eigenvalue weighted by Crippen LogP contribution is 2.02. The van der Waals surface area contributed by atoms with Gasteiger partial charge in [0.05, 0.1) is 0 Å². The Morgan fingerprint density at radius 3 is 3.00 bits per heavy atom. The number of carbonyl (C=O) groups excluding carboxylic acids is 2. The second-order valence-corrected chi connectivity index (χ2v) is 2.74. The number of piperidine rings is 1. The van der Waals surface area contributed by atoms with Crippen LogP contribution in [0.5, 0.6) is 0 Å². The third-order valence-corrected chi connectivity index (χ3v) is 1.65. The van der Waals surface area contributed by atoms with Crippen molar-refractivity contribution < 1.29 is 9.59 Å². The van der Waals surface area contributed by atoms with Gasteiger partial charge in [0.1, 0.15) is 0 Å². The van der Waals surface area contributed by atoms with Crippen LogP contribution in [-0.4, -0.2) is 24.4 Å². The van der Waals surface area contributed by atoms with Gasteiger partial charge < -0.3 is 10.6 Å². The zero-order valence-corrected chi connectivity index (χ0v) is 6.52. The molecule has 0 spiro atoms. The lowest BCUT2D eigenvalue weighted by Crippen LogP contribution is -2.44. The molecule has 1 saturated heterocycles. The summed E-state index contributed by atoms with van der Waals surface area (Å²) in [5, 5.41) is 5.41. The van der Waals surface area contributed by atoms with Crippen LogP contribution in [0.4, 0.5) is 0 Å². The van der Waals surface area contributed by atoms with Gasteiger partial charge in [0.25, 0.3) is 0 Å². The maximum Gasteiger partial charge on any atom is 0.222 e. The molecule has 0 bridgehead atoms. The van der Waals surface area contributed by atoms with Crippen molar-refractivity contribution in [3.05, 3.63) is 0 Å². The van der Waals surface area contributed by atoms with Crippen molar-refractivity contribution in [1.82, 2.24) is 10.6 Å². The van der Waals surface area contributed by atoms with Crippen molar-refractivity contribution in [1.29, 1.82) is 0 Å². The fourth-order valence-corrected chi connectivity index (χ4v) is 1.19. The molecule has 1 heterocycles. The Balaban J connectivity index is 2.34. The number of rotatable bonds is 1. The van der Waals surface area contributed by atoms with Gasteiger partial charge in [-0.15, -0.1) is 0 Å². The molecule has 0 aliphatic carbocycles. The van der Waals surface area contributed by atoms with Crippen molar-refractivity contribution in [2.75, 3.05) is 6.54 Å². The molecule has 1 aliphatic heterocycles. The summed E-state index contributed by atoms with van der Waals surface area (Å²) in [7, 11) is 0. The fraction of sp³-hybridized carbons (Fsp3) is 0.714. The second kappa shape index (κ2) is 3.37. The summed E-state index contributed by atoms with van der Waals surface area (Å²) in [6.45, 7) is 2.14. The van der Waals surface area contributed by atoms with Crippen molar-refractivity contribution in [3.8, 4) is 0 Å². The lowest BCUT2D eigenvalue weighted by molar-refractivity contribution is -0.124. The van der Waals surface area contributed by atoms with E-state index in [4.69, 9.17) is 0 Å². The number of amides is 2. The molecule has 62 valence electrons. The predicted octanol–water partition coefficient (Wildman–Crippen LogP) is -0.599. The first kappa shape index (κ1) is 8.04. The molecule has 0 aromatic rings. The standard InChI is InChI=1S/C7H12N2O2/c1-5(10)9-6-2-3-8-7(11)4-6/h6H,2-4H2,1H3,(H,8,11)(H,9,10). The van der Waals surface area contributed by atoms with E-state index in [-0.39, 0.29) is 17.9 Å². The molecule has 0 saturated carbocycles. The van der Waals surface area contributed by atoms with E-state index in [2.05, 4.69) is 10.6 Å². The highest BCUT2D eigenvalue weighted by atomic mass is 16.2. The normalized spacial score (nSPS) is 24.1. The Bertz CT molecular complexity index is 177. The molecule has 2 amide bonds. The summed E-state index contributed by atoms with van der Waals surface area (Å²) in [5.41, 5.74) is 0. The summed E-state index contributed by atoms with van der Waals surface area (Å²) >= 11 is 0. The maximum atomic E-state index is 10.8. The zero-order valence-electron chi connectivity index (χ0n) is 6.52. The minimum atomic E-state index is -0.0651. The van der Waals surface area contributed by atoms with E-state index in [0.717, 1.165) is 6.42 Å². The number of hydrogen-bond acceptors (Lipinski definition) is 2. The third kappa shape index (κ3) is 2.57. The first-order chi connectivity index (χ1) is 5.18. The Hall–Kier alpha value is -1.06. The minimum absolute atomic E-state index is 0.0231. The molecule has 1 aliphatic rings. The van der Waals surface area contributed by atoms with Crippen LogP contribution in [0, 0.1) is 0 Å². The molecular formula is C7H12N2O2. The van der Waals surface area contributed by atoms with Gasteiger partial charge in [0.2, 0.25) is 11.8 Å². The maximum absolute atomic E-state index is 10.8. The molecule has 1 unspecified atom stereocenters. The van der Waals surface area contributed by atoms with Crippen molar-refractivity contribution in [2.45, 2.75) is 25.8 Å². The molecule has 1 fully saturated rings. The summed E-state index contributed by atoms with van der Waals surface area (Å²) in [6, 6.07) is 0.0428. The average Bonchev–Trinajstić information content (AvgIpc) is 1.85. The van der Waals surface area contributed by atoms with Crippen LogP contribution in [0.25, 0.3) is 0 Å². The molecular weight excluding hydrogens is 144 g/mol. The lowest BCUT2D eigenvalue weighted by Gasteiger charge is -2.22. The lowest BCUT2D eigenvalue weighted by atomic mass is 10.1. The zero-order chi connectivity index (χ0) is 8.27. The van der Waals surface area contributed by atoms with E-state index in [0.29, 0.717) is 13.0 Å². The first-order valence-corrected chi connectivity index (χ1v) is 3.72. The summed E-state index contributed by atoms with van der Waals surface area (Å²) < 4.78 is 0. The Morgan fingerprint density at radius 1 is 1.73 bits per heavy atom. The van der Waals surface area contributed by atoms with Crippen LogP contribution < -0.4 is 10.6 Å². The fourth-order valence-electron chi connectivity index (χ4n) is 1.19. The molecule has 0 radical (unpaired) electrons. The van der Waals surface area contributed by atoms with Gasteiger partial charge in [-0.3, -0.25) is 9.59 Å². The van der Waals surface area contributed by atoms with E-state index in [9.17, 15) is 9.59 Å². The van der Waals surface area contributed by atoms with E-state index in [1.165, 1.54) is 6.92 Å². The first-order valence-electron chi connectivity index (χ1n) is 3.72. The van der Waals surface area contributed by atoms with E-state index >= 15 is 0 Å². The summed E-state index contributed by atoms with van der Waals surface area (Å²) in [6.07, 6.45) is 1.25. The topological polar surface area (TPSA) is 58.2 Å². The third-order valence-electron chi connectivity index (χ3n) is 1.65.